The average molecular weight is 237 g/mol. The van der Waals surface area contributed by atoms with Crippen LogP contribution in [0.15, 0.2) is 0 Å². The van der Waals surface area contributed by atoms with Crippen molar-refractivity contribution in [3.63, 3.8) is 0 Å². The molecule has 1 aromatic heterocycles. The van der Waals surface area contributed by atoms with Crippen LogP contribution in [0.2, 0.25) is 10.4 Å². The maximum absolute atomic E-state index is 5.79. The summed E-state index contributed by atoms with van der Waals surface area (Å²) >= 11 is 11.4. The van der Waals surface area contributed by atoms with Gasteiger partial charge < -0.3 is 9.64 Å². The van der Waals surface area contributed by atoms with Gasteiger partial charge in [0.2, 0.25) is 5.28 Å². The van der Waals surface area contributed by atoms with Crippen molar-refractivity contribution in [2.45, 2.75) is 0 Å². The molecule has 0 amide bonds. The van der Waals surface area contributed by atoms with E-state index in [0.29, 0.717) is 19.0 Å². The minimum absolute atomic E-state index is 0.0775. The van der Waals surface area contributed by atoms with E-state index in [1.54, 1.807) is 12.0 Å². The Morgan fingerprint density at radius 2 is 2.07 bits per heavy atom. The van der Waals surface area contributed by atoms with Crippen molar-refractivity contribution in [3.8, 4) is 0 Å². The van der Waals surface area contributed by atoms with Gasteiger partial charge in [-0.25, -0.2) is 0 Å². The molecule has 7 heteroatoms. The van der Waals surface area contributed by atoms with Crippen LogP contribution in [0.3, 0.4) is 0 Å². The number of ether oxygens (including phenoxy) is 1. The highest BCUT2D eigenvalue weighted by atomic mass is 35.5. The Hall–Kier alpha value is -0.650. The largest absolute Gasteiger partial charge is 0.383 e. The van der Waals surface area contributed by atoms with E-state index in [4.69, 9.17) is 27.9 Å². The summed E-state index contributed by atoms with van der Waals surface area (Å²) in [4.78, 5) is 5.75. The summed E-state index contributed by atoms with van der Waals surface area (Å²) in [5.74, 6) is 0.503. The number of anilines is 1. The number of nitrogens with zero attached hydrogens (tertiary/aromatic N) is 4. The van der Waals surface area contributed by atoms with Gasteiger partial charge >= 0.3 is 0 Å². The third kappa shape index (κ3) is 2.94. The Morgan fingerprint density at radius 3 is 2.71 bits per heavy atom. The molecule has 0 N–H and O–H groups in total. The van der Waals surface area contributed by atoms with E-state index in [0.717, 1.165) is 0 Å². The number of halogens is 2. The van der Waals surface area contributed by atoms with Gasteiger partial charge in [0.05, 0.1) is 6.61 Å². The molecule has 1 heterocycles. The van der Waals surface area contributed by atoms with Crippen molar-refractivity contribution < 1.29 is 4.74 Å². The number of hydrogen-bond donors (Lipinski definition) is 0. The molecule has 0 saturated carbocycles. The van der Waals surface area contributed by atoms with Crippen LogP contribution in [0.5, 0.6) is 0 Å². The summed E-state index contributed by atoms with van der Waals surface area (Å²) in [5.41, 5.74) is 0. The predicted molar refractivity (Wildman–Crippen MR) is 55.0 cm³/mol. The second-order valence-corrected chi connectivity index (χ2v) is 3.31. The second-order valence-electron chi connectivity index (χ2n) is 2.61. The molecular weight excluding hydrogens is 227 g/mol. The van der Waals surface area contributed by atoms with Crippen LogP contribution in [-0.2, 0) is 4.74 Å². The third-order valence-corrected chi connectivity index (χ3v) is 2.00. The summed E-state index contributed by atoms with van der Waals surface area (Å²) in [6.45, 7) is 1.24. The Balaban J connectivity index is 2.77. The summed E-state index contributed by atoms with van der Waals surface area (Å²) in [5, 5.41) is 7.47. The van der Waals surface area contributed by atoms with Gasteiger partial charge in [0.25, 0.3) is 0 Å². The van der Waals surface area contributed by atoms with Crippen molar-refractivity contribution in [3.05, 3.63) is 10.4 Å². The molecular formula is C7H10Cl2N4O. The van der Waals surface area contributed by atoms with E-state index in [1.165, 1.54) is 0 Å². The summed E-state index contributed by atoms with van der Waals surface area (Å²) in [6.07, 6.45) is 0. The molecule has 5 nitrogen and oxygen atoms in total. The van der Waals surface area contributed by atoms with Crippen molar-refractivity contribution in [1.82, 2.24) is 15.2 Å². The van der Waals surface area contributed by atoms with Crippen LogP contribution in [0.4, 0.5) is 5.82 Å². The van der Waals surface area contributed by atoms with E-state index < -0.39 is 0 Å². The molecule has 0 aliphatic carbocycles. The number of hydrogen-bond acceptors (Lipinski definition) is 5. The first kappa shape index (κ1) is 11.4. The van der Waals surface area contributed by atoms with Crippen molar-refractivity contribution in [2.75, 3.05) is 32.2 Å². The van der Waals surface area contributed by atoms with Gasteiger partial charge in [0, 0.05) is 20.7 Å². The molecule has 0 radical (unpaired) electrons. The molecule has 0 aliphatic rings. The van der Waals surface area contributed by atoms with E-state index in [1.807, 2.05) is 7.05 Å². The molecule has 0 bridgehead atoms. The standard InChI is InChI=1S/C7H10Cl2N4O/c1-13(3-4-14-2)6-5(8)11-12-7(9)10-6/h3-4H2,1-2H3. The van der Waals surface area contributed by atoms with Crippen molar-refractivity contribution in [2.24, 2.45) is 0 Å². The zero-order valence-electron chi connectivity index (χ0n) is 7.87. The fraction of sp³-hybridized carbons (Fsp3) is 0.571. The van der Waals surface area contributed by atoms with Crippen LogP contribution < -0.4 is 4.90 Å². The zero-order chi connectivity index (χ0) is 10.6. The van der Waals surface area contributed by atoms with Gasteiger partial charge in [0.1, 0.15) is 0 Å². The van der Waals surface area contributed by atoms with Gasteiger partial charge in [-0.2, -0.15) is 4.98 Å². The SMILES string of the molecule is COCCN(C)c1nc(Cl)nnc1Cl. The van der Waals surface area contributed by atoms with Crippen LogP contribution in [-0.4, -0.2) is 42.5 Å². The summed E-state index contributed by atoms with van der Waals surface area (Å²) in [6, 6.07) is 0. The molecule has 1 rings (SSSR count). The lowest BCUT2D eigenvalue weighted by Gasteiger charge is -2.17. The lowest BCUT2D eigenvalue weighted by atomic mass is 10.5. The molecule has 0 aromatic carbocycles. The fourth-order valence-electron chi connectivity index (χ4n) is 0.863. The predicted octanol–water partition coefficient (Wildman–Crippen LogP) is 1.26. The topological polar surface area (TPSA) is 51.1 Å². The quantitative estimate of drug-likeness (QED) is 0.788. The third-order valence-electron chi connectivity index (χ3n) is 1.60. The van der Waals surface area contributed by atoms with Gasteiger partial charge in [-0.05, 0) is 11.6 Å². The Bertz CT molecular complexity index is 310. The zero-order valence-corrected chi connectivity index (χ0v) is 9.38. The number of aromatic nitrogens is 3. The first-order valence-corrected chi connectivity index (χ1v) is 4.66. The lowest BCUT2D eigenvalue weighted by molar-refractivity contribution is 0.206. The molecule has 0 atom stereocenters. The Kier molecular flexibility index (Phi) is 4.31. The van der Waals surface area contributed by atoms with Gasteiger partial charge in [0.15, 0.2) is 11.0 Å². The van der Waals surface area contributed by atoms with E-state index in [9.17, 15) is 0 Å². The molecule has 1 aromatic rings. The van der Waals surface area contributed by atoms with E-state index in [-0.39, 0.29) is 10.4 Å². The number of likely N-dealkylation sites (N-methyl/N-ethyl adjacent to an activating group) is 1. The van der Waals surface area contributed by atoms with Crippen LogP contribution in [0.25, 0.3) is 0 Å². The summed E-state index contributed by atoms with van der Waals surface area (Å²) < 4.78 is 4.92. The normalized spacial score (nSPS) is 10.3. The van der Waals surface area contributed by atoms with Crippen LogP contribution >= 0.6 is 23.2 Å². The first-order chi connectivity index (χ1) is 6.65. The average Bonchev–Trinajstić information content (AvgIpc) is 2.18. The highest BCUT2D eigenvalue weighted by molar-refractivity contribution is 6.32. The molecule has 78 valence electrons. The Morgan fingerprint density at radius 1 is 1.36 bits per heavy atom. The van der Waals surface area contributed by atoms with Gasteiger partial charge in [-0.1, -0.05) is 11.6 Å². The maximum Gasteiger partial charge on any atom is 0.245 e. The minimum Gasteiger partial charge on any atom is -0.383 e. The molecule has 0 spiro atoms. The second kappa shape index (κ2) is 5.29. The molecule has 0 aliphatic heterocycles. The highest BCUT2D eigenvalue weighted by Crippen LogP contribution is 2.19. The lowest BCUT2D eigenvalue weighted by Crippen LogP contribution is -2.23. The van der Waals surface area contributed by atoms with Crippen LogP contribution in [0, 0.1) is 0 Å². The number of rotatable bonds is 4. The number of methoxy groups -OCH3 is 1. The summed E-state index contributed by atoms with van der Waals surface area (Å²) in [7, 11) is 3.45. The molecule has 14 heavy (non-hydrogen) atoms. The van der Waals surface area contributed by atoms with E-state index in [2.05, 4.69) is 15.2 Å². The molecule has 0 unspecified atom stereocenters. The minimum atomic E-state index is 0.0775. The smallest absolute Gasteiger partial charge is 0.245 e. The van der Waals surface area contributed by atoms with Gasteiger partial charge in [-0.15, -0.1) is 10.2 Å². The van der Waals surface area contributed by atoms with E-state index >= 15 is 0 Å². The molecule has 0 saturated heterocycles. The highest BCUT2D eigenvalue weighted by Gasteiger charge is 2.10. The fourth-order valence-corrected chi connectivity index (χ4v) is 1.20. The molecule has 0 fully saturated rings. The van der Waals surface area contributed by atoms with Gasteiger partial charge in [-0.3, -0.25) is 0 Å². The van der Waals surface area contributed by atoms with Crippen LogP contribution in [0.1, 0.15) is 0 Å². The van der Waals surface area contributed by atoms with Crippen molar-refractivity contribution >= 4 is 29.0 Å². The maximum atomic E-state index is 5.79. The first-order valence-electron chi connectivity index (χ1n) is 3.91. The Labute approximate surface area is 92.0 Å². The monoisotopic (exact) mass is 236 g/mol. The van der Waals surface area contributed by atoms with Crippen molar-refractivity contribution in [1.29, 1.82) is 0 Å².